The third-order valence-corrected chi connectivity index (χ3v) is 2.79. The number of carbonyl (C=O) groups excluding carboxylic acids is 1. The molecule has 2 unspecified atom stereocenters. The van der Waals surface area contributed by atoms with Crippen molar-refractivity contribution < 1.29 is 9.53 Å². The lowest BCUT2D eigenvalue weighted by Gasteiger charge is -2.17. The number of ether oxygens (including phenoxy) is 1. The van der Waals surface area contributed by atoms with Crippen molar-refractivity contribution in [1.29, 1.82) is 0 Å². The van der Waals surface area contributed by atoms with Gasteiger partial charge in [-0.25, -0.2) is 0 Å². The average Bonchev–Trinajstić information content (AvgIpc) is 2.23. The van der Waals surface area contributed by atoms with Gasteiger partial charge in [0.2, 0.25) is 0 Å². The van der Waals surface area contributed by atoms with Crippen molar-refractivity contribution in [1.82, 2.24) is 0 Å². The Morgan fingerprint density at radius 1 is 1.36 bits per heavy atom. The Balaban J connectivity index is 2.94. The molecule has 0 spiro atoms. The average molecular weight is 194 g/mol. The fourth-order valence-corrected chi connectivity index (χ4v) is 2.01. The van der Waals surface area contributed by atoms with Crippen LogP contribution in [0.25, 0.3) is 0 Å². The molecule has 0 fully saturated rings. The summed E-state index contributed by atoms with van der Waals surface area (Å²) in [5.41, 5.74) is 0.906. The van der Waals surface area contributed by atoms with Gasteiger partial charge in [-0.1, -0.05) is 19.9 Å². The van der Waals surface area contributed by atoms with Gasteiger partial charge in [0.15, 0.2) is 5.78 Å². The zero-order chi connectivity index (χ0) is 10.7. The lowest BCUT2D eigenvalue weighted by Crippen LogP contribution is -2.10. The molecule has 0 bridgehead atoms. The van der Waals surface area contributed by atoms with E-state index in [-0.39, 0.29) is 5.78 Å². The molecule has 0 aromatic rings. The Morgan fingerprint density at radius 2 is 2.00 bits per heavy atom. The predicted octanol–water partition coefficient (Wildman–Crippen LogP) is 2.71. The van der Waals surface area contributed by atoms with E-state index in [1.165, 1.54) is 0 Å². The highest BCUT2D eigenvalue weighted by Gasteiger charge is 2.21. The zero-order valence-electron chi connectivity index (χ0n) is 9.33. The first-order chi connectivity index (χ1) is 6.56. The molecule has 1 aliphatic carbocycles. The van der Waals surface area contributed by atoms with Crippen LogP contribution in [-0.2, 0) is 9.53 Å². The van der Waals surface area contributed by atoms with Crippen LogP contribution in [-0.4, -0.2) is 12.9 Å². The quantitative estimate of drug-likeness (QED) is 0.675. The van der Waals surface area contributed by atoms with E-state index in [0.29, 0.717) is 11.8 Å². The number of Topliss-reactive ketones (excluding diaryl/α,β-unsaturated/α-hetero) is 1. The molecule has 14 heavy (non-hydrogen) atoms. The standard InChI is InChI=1S/C12H18O2/c1-8-7-9(2)12(14-4)6-5-11(8)10(3)13/h5-6,8-9H,7H2,1-4H3. The monoisotopic (exact) mass is 194 g/mol. The van der Waals surface area contributed by atoms with Crippen LogP contribution < -0.4 is 0 Å². The maximum atomic E-state index is 11.3. The van der Waals surface area contributed by atoms with Gasteiger partial charge in [0, 0.05) is 5.92 Å². The summed E-state index contributed by atoms with van der Waals surface area (Å²) in [6.07, 6.45) is 4.80. The molecule has 0 amide bonds. The highest BCUT2D eigenvalue weighted by molar-refractivity contribution is 5.94. The fraction of sp³-hybridized carbons (Fsp3) is 0.583. The maximum Gasteiger partial charge on any atom is 0.156 e. The van der Waals surface area contributed by atoms with Gasteiger partial charge in [0.1, 0.15) is 0 Å². The van der Waals surface area contributed by atoms with Crippen LogP contribution in [0.5, 0.6) is 0 Å². The summed E-state index contributed by atoms with van der Waals surface area (Å²) < 4.78 is 5.27. The van der Waals surface area contributed by atoms with Crippen LogP contribution in [0, 0.1) is 11.8 Å². The summed E-state index contributed by atoms with van der Waals surface area (Å²) in [7, 11) is 1.68. The lowest BCUT2D eigenvalue weighted by atomic mass is 9.90. The van der Waals surface area contributed by atoms with Gasteiger partial charge >= 0.3 is 0 Å². The van der Waals surface area contributed by atoms with Crippen molar-refractivity contribution >= 4 is 5.78 Å². The van der Waals surface area contributed by atoms with E-state index in [4.69, 9.17) is 4.74 Å². The molecule has 1 aliphatic rings. The minimum Gasteiger partial charge on any atom is -0.501 e. The number of ketones is 1. The molecule has 0 N–H and O–H groups in total. The lowest BCUT2D eigenvalue weighted by molar-refractivity contribution is -0.114. The summed E-state index contributed by atoms with van der Waals surface area (Å²) in [5.74, 6) is 1.85. The number of hydrogen-bond acceptors (Lipinski definition) is 2. The Bertz CT molecular complexity index is 287. The van der Waals surface area contributed by atoms with E-state index in [9.17, 15) is 4.79 Å². The number of allylic oxidation sites excluding steroid dienone is 4. The van der Waals surface area contributed by atoms with Crippen LogP contribution in [0.2, 0.25) is 0 Å². The minimum atomic E-state index is 0.165. The van der Waals surface area contributed by atoms with Crippen molar-refractivity contribution in [2.75, 3.05) is 7.11 Å². The molecule has 2 heteroatoms. The van der Waals surface area contributed by atoms with Gasteiger partial charge in [0.25, 0.3) is 0 Å². The van der Waals surface area contributed by atoms with E-state index in [0.717, 1.165) is 17.8 Å². The van der Waals surface area contributed by atoms with Gasteiger partial charge in [-0.3, -0.25) is 4.79 Å². The highest BCUT2D eigenvalue weighted by Crippen LogP contribution is 2.28. The highest BCUT2D eigenvalue weighted by atomic mass is 16.5. The predicted molar refractivity (Wildman–Crippen MR) is 56.8 cm³/mol. The molecular formula is C12H18O2. The molecule has 1 rings (SSSR count). The third-order valence-electron chi connectivity index (χ3n) is 2.79. The minimum absolute atomic E-state index is 0.165. The van der Waals surface area contributed by atoms with Gasteiger partial charge in [-0.05, 0) is 30.9 Å². The normalized spacial score (nSPS) is 27.4. The number of methoxy groups -OCH3 is 1. The van der Waals surface area contributed by atoms with E-state index < -0.39 is 0 Å². The topological polar surface area (TPSA) is 26.3 Å². The second-order valence-corrected chi connectivity index (χ2v) is 3.99. The molecule has 78 valence electrons. The molecule has 0 aliphatic heterocycles. The van der Waals surface area contributed by atoms with Crippen LogP contribution >= 0.6 is 0 Å². The largest absolute Gasteiger partial charge is 0.501 e. The molecular weight excluding hydrogens is 176 g/mol. The summed E-state index contributed by atoms with van der Waals surface area (Å²) >= 11 is 0. The van der Waals surface area contributed by atoms with Crippen LogP contribution in [0.15, 0.2) is 23.5 Å². The molecule has 0 radical (unpaired) electrons. The van der Waals surface area contributed by atoms with Gasteiger partial charge in [-0.2, -0.15) is 0 Å². The first-order valence-corrected chi connectivity index (χ1v) is 5.03. The maximum absolute atomic E-state index is 11.3. The zero-order valence-corrected chi connectivity index (χ0v) is 9.33. The molecule has 0 aromatic heterocycles. The second-order valence-electron chi connectivity index (χ2n) is 3.99. The summed E-state index contributed by atoms with van der Waals surface area (Å²) in [6.45, 7) is 5.84. The summed E-state index contributed by atoms with van der Waals surface area (Å²) in [6, 6.07) is 0. The smallest absolute Gasteiger partial charge is 0.156 e. The molecule has 0 saturated heterocycles. The van der Waals surface area contributed by atoms with Crippen molar-refractivity contribution in [3.8, 4) is 0 Å². The van der Waals surface area contributed by atoms with Gasteiger partial charge < -0.3 is 4.74 Å². The van der Waals surface area contributed by atoms with Gasteiger partial charge in [-0.15, -0.1) is 0 Å². The van der Waals surface area contributed by atoms with Crippen molar-refractivity contribution in [2.24, 2.45) is 11.8 Å². The van der Waals surface area contributed by atoms with E-state index in [2.05, 4.69) is 13.8 Å². The van der Waals surface area contributed by atoms with Gasteiger partial charge in [0.05, 0.1) is 12.9 Å². The molecule has 2 nitrogen and oxygen atoms in total. The summed E-state index contributed by atoms with van der Waals surface area (Å²) in [4.78, 5) is 11.3. The third kappa shape index (κ3) is 2.25. The van der Waals surface area contributed by atoms with Crippen molar-refractivity contribution in [3.63, 3.8) is 0 Å². The van der Waals surface area contributed by atoms with Crippen molar-refractivity contribution in [2.45, 2.75) is 27.2 Å². The SMILES string of the molecule is COC1=CC=C(C(C)=O)C(C)CC1C. The Hall–Kier alpha value is -1.05. The van der Waals surface area contributed by atoms with Crippen LogP contribution in [0.4, 0.5) is 0 Å². The van der Waals surface area contributed by atoms with E-state index in [1.54, 1.807) is 14.0 Å². The summed E-state index contributed by atoms with van der Waals surface area (Å²) in [5, 5.41) is 0. The van der Waals surface area contributed by atoms with E-state index in [1.807, 2.05) is 12.2 Å². The van der Waals surface area contributed by atoms with Crippen LogP contribution in [0.3, 0.4) is 0 Å². The fourth-order valence-electron chi connectivity index (χ4n) is 2.01. The Kier molecular flexibility index (Phi) is 3.50. The first-order valence-electron chi connectivity index (χ1n) is 5.03. The number of carbonyl (C=O) groups is 1. The molecule has 0 aromatic carbocycles. The molecule has 0 saturated carbocycles. The molecule has 2 atom stereocenters. The Morgan fingerprint density at radius 3 is 2.50 bits per heavy atom. The number of rotatable bonds is 2. The first kappa shape index (κ1) is 11.0. The second kappa shape index (κ2) is 4.45. The van der Waals surface area contributed by atoms with Crippen molar-refractivity contribution in [3.05, 3.63) is 23.5 Å². The Labute approximate surface area is 85.6 Å². The van der Waals surface area contributed by atoms with Crippen LogP contribution in [0.1, 0.15) is 27.2 Å². The number of hydrogen-bond donors (Lipinski definition) is 0. The van der Waals surface area contributed by atoms with E-state index >= 15 is 0 Å². The molecule has 0 heterocycles.